The molecule has 5 heteroatoms. The predicted molar refractivity (Wildman–Crippen MR) is 96.8 cm³/mol. The first-order valence-electron chi connectivity index (χ1n) is 9.29. The molecule has 0 radical (unpaired) electrons. The summed E-state index contributed by atoms with van der Waals surface area (Å²) in [6.07, 6.45) is 6.48. The largest absolute Gasteiger partial charge is 0.347 e. The van der Waals surface area contributed by atoms with Gasteiger partial charge < -0.3 is 4.90 Å². The molecule has 0 N–H and O–H groups in total. The number of carbonyl (C=O) groups excluding carboxylic acids is 3. The first kappa shape index (κ1) is 17.0. The number of allylic oxidation sites excluding steroid dienone is 2. The number of hydrogen-bond donors (Lipinski definition) is 0. The molecule has 4 aliphatic rings. The molecule has 1 aliphatic heterocycles. The second kappa shape index (κ2) is 6.38. The lowest BCUT2D eigenvalue weighted by Gasteiger charge is -2.38. The van der Waals surface area contributed by atoms with Crippen LogP contribution < -0.4 is 0 Å². The van der Waals surface area contributed by atoms with E-state index >= 15 is 0 Å². The van der Waals surface area contributed by atoms with Crippen LogP contribution in [0.5, 0.6) is 0 Å². The third-order valence-corrected chi connectivity index (χ3v) is 6.10. The van der Waals surface area contributed by atoms with Gasteiger partial charge in [-0.1, -0.05) is 42.5 Å². The SMILES string of the molecule is CN(C)C(=O)[C@H](Cc1ccccc1)N1C(=O)[C@@H]2[C@@H](C1=O)[C@H]1C=C[C@H]2CC1. The molecule has 5 nitrogen and oxygen atoms in total. The summed E-state index contributed by atoms with van der Waals surface area (Å²) < 4.78 is 0. The second-order valence-corrected chi connectivity index (χ2v) is 7.83. The molecular weight excluding hydrogens is 328 g/mol. The molecule has 2 fully saturated rings. The quantitative estimate of drug-likeness (QED) is 0.614. The number of carbonyl (C=O) groups is 3. The average molecular weight is 352 g/mol. The Balaban J connectivity index is 1.68. The van der Waals surface area contributed by atoms with E-state index in [0.29, 0.717) is 6.42 Å². The lowest BCUT2D eigenvalue weighted by Crippen LogP contribution is -2.51. The van der Waals surface area contributed by atoms with E-state index in [1.54, 1.807) is 14.1 Å². The Labute approximate surface area is 153 Å². The lowest BCUT2D eigenvalue weighted by molar-refractivity contribution is -0.150. The number of amides is 3. The van der Waals surface area contributed by atoms with E-state index in [1.165, 1.54) is 9.80 Å². The average Bonchev–Trinajstić information content (AvgIpc) is 2.94. The van der Waals surface area contributed by atoms with Gasteiger partial charge in [0.05, 0.1) is 11.8 Å². The summed E-state index contributed by atoms with van der Waals surface area (Å²) in [5.41, 5.74) is 0.948. The molecule has 0 unspecified atom stereocenters. The Hall–Kier alpha value is -2.43. The summed E-state index contributed by atoms with van der Waals surface area (Å²) in [6, 6.07) is 8.82. The minimum atomic E-state index is -0.766. The molecule has 136 valence electrons. The van der Waals surface area contributed by atoms with Crippen molar-refractivity contribution in [3.8, 4) is 0 Å². The molecule has 1 aromatic rings. The molecule has 1 heterocycles. The molecule has 3 aliphatic carbocycles. The molecule has 5 rings (SSSR count). The van der Waals surface area contributed by atoms with E-state index in [1.807, 2.05) is 30.3 Å². The first-order chi connectivity index (χ1) is 12.5. The molecule has 2 bridgehead atoms. The van der Waals surface area contributed by atoms with Gasteiger partial charge in [0.15, 0.2) is 0 Å². The van der Waals surface area contributed by atoms with Crippen molar-refractivity contribution in [3.05, 3.63) is 48.0 Å². The number of fused-ring (bicyclic) bond motifs is 1. The summed E-state index contributed by atoms with van der Waals surface area (Å²) in [5.74, 6) is -0.796. The van der Waals surface area contributed by atoms with Gasteiger partial charge in [-0.2, -0.15) is 0 Å². The summed E-state index contributed by atoms with van der Waals surface area (Å²) in [5, 5.41) is 0. The molecule has 3 amide bonds. The van der Waals surface area contributed by atoms with Crippen molar-refractivity contribution in [1.82, 2.24) is 9.80 Å². The molecule has 0 aromatic heterocycles. The topological polar surface area (TPSA) is 57.7 Å². The van der Waals surface area contributed by atoms with Gasteiger partial charge in [0, 0.05) is 20.5 Å². The van der Waals surface area contributed by atoms with E-state index < -0.39 is 6.04 Å². The normalized spacial score (nSPS) is 30.5. The van der Waals surface area contributed by atoms with Crippen LogP contribution in [0.15, 0.2) is 42.5 Å². The predicted octanol–water partition coefficient (Wildman–Crippen LogP) is 1.88. The maximum Gasteiger partial charge on any atom is 0.245 e. The third kappa shape index (κ3) is 2.57. The van der Waals surface area contributed by atoms with Gasteiger partial charge in [-0.25, -0.2) is 0 Å². The molecular formula is C21H24N2O3. The standard InChI is InChI=1S/C21H24N2O3/c1-22(2)19(24)16(12-13-6-4-3-5-7-13)23-20(25)17-14-8-9-15(11-10-14)18(17)21(23)26/h3-9,14-18H,10-12H2,1-2H3/t14-,15-,16-,17-,18-/m0/s1. The van der Waals surface area contributed by atoms with Crippen LogP contribution in [-0.2, 0) is 20.8 Å². The fourth-order valence-corrected chi connectivity index (χ4v) is 4.83. The van der Waals surface area contributed by atoms with Crippen LogP contribution in [0.3, 0.4) is 0 Å². The second-order valence-electron chi connectivity index (χ2n) is 7.83. The van der Waals surface area contributed by atoms with Gasteiger partial charge in [-0.15, -0.1) is 0 Å². The van der Waals surface area contributed by atoms with Crippen LogP contribution in [0.2, 0.25) is 0 Å². The van der Waals surface area contributed by atoms with Gasteiger partial charge in [0.2, 0.25) is 17.7 Å². The van der Waals surface area contributed by atoms with E-state index in [2.05, 4.69) is 12.2 Å². The molecule has 5 atom stereocenters. The number of imide groups is 1. The van der Waals surface area contributed by atoms with Gasteiger partial charge in [0.1, 0.15) is 6.04 Å². The van der Waals surface area contributed by atoms with Crippen molar-refractivity contribution in [2.45, 2.75) is 25.3 Å². The highest BCUT2D eigenvalue weighted by atomic mass is 16.2. The Kier molecular flexibility index (Phi) is 4.17. The van der Waals surface area contributed by atoms with Gasteiger partial charge in [-0.05, 0) is 30.2 Å². The van der Waals surface area contributed by atoms with Crippen LogP contribution in [0, 0.1) is 23.7 Å². The van der Waals surface area contributed by atoms with E-state index in [9.17, 15) is 14.4 Å². The monoisotopic (exact) mass is 352 g/mol. The summed E-state index contributed by atoms with van der Waals surface area (Å²) in [4.78, 5) is 42.0. The van der Waals surface area contributed by atoms with Crippen molar-refractivity contribution >= 4 is 17.7 Å². The Morgan fingerprint density at radius 2 is 1.58 bits per heavy atom. The fourth-order valence-electron chi connectivity index (χ4n) is 4.83. The van der Waals surface area contributed by atoms with Crippen molar-refractivity contribution in [2.75, 3.05) is 14.1 Å². The van der Waals surface area contributed by atoms with Gasteiger partial charge in [-0.3, -0.25) is 19.3 Å². The Bertz CT molecular complexity index is 739. The zero-order valence-corrected chi connectivity index (χ0v) is 15.2. The van der Waals surface area contributed by atoms with E-state index in [-0.39, 0.29) is 41.4 Å². The van der Waals surface area contributed by atoms with Crippen LogP contribution >= 0.6 is 0 Å². The Morgan fingerprint density at radius 1 is 1.04 bits per heavy atom. The molecule has 1 aromatic carbocycles. The first-order valence-corrected chi connectivity index (χ1v) is 9.29. The minimum Gasteiger partial charge on any atom is -0.347 e. The number of nitrogens with zero attached hydrogens (tertiary/aromatic N) is 2. The zero-order chi connectivity index (χ0) is 18.4. The number of rotatable bonds is 4. The van der Waals surface area contributed by atoms with Crippen molar-refractivity contribution < 1.29 is 14.4 Å². The highest BCUT2D eigenvalue weighted by molar-refractivity contribution is 6.09. The molecule has 0 spiro atoms. The van der Waals surface area contributed by atoms with Crippen LogP contribution in [0.1, 0.15) is 18.4 Å². The number of benzene rings is 1. The van der Waals surface area contributed by atoms with E-state index in [4.69, 9.17) is 0 Å². The van der Waals surface area contributed by atoms with Crippen molar-refractivity contribution in [3.63, 3.8) is 0 Å². The van der Waals surface area contributed by atoms with Crippen LogP contribution in [0.4, 0.5) is 0 Å². The fraction of sp³-hybridized carbons (Fsp3) is 0.476. The molecule has 1 saturated carbocycles. The highest BCUT2D eigenvalue weighted by Gasteiger charge is 2.58. The number of hydrogen-bond acceptors (Lipinski definition) is 3. The van der Waals surface area contributed by atoms with Crippen LogP contribution in [0.25, 0.3) is 0 Å². The summed E-state index contributed by atoms with van der Waals surface area (Å²) in [6.45, 7) is 0. The molecule has 1 saturated heterocycles. The lowest BCUT2D eigenvalue weighted by atomic mass is 9.63. The maximum atomic E-state index is 13.2. The minimum absolute atomic E-state index is 0.137. The highest BCUT2D eigenvalue weighted by Crippen LogP contribution is 2.50. The number of likely N-dealkylation sites (tertiary alicyclic amines) is 1. The van der Waals surface area contributed by atoms with Crippen LogP contribution in [-0.4, -0.2) is 47.7 Å². The van der Waals surface area contributed by atoms with Gasteiger partial charge >= 0.3 is 0 Å². The Morgan fingerprint density at radius 3 is 2.04 bits per heavy atom. The zero-order valence-electron chi connectivity index (χ0n) is 15.2. The smallest absolute Gasteiger partial charge is 0.245 e. The maximum absolute atomic E-state index is 13.2. The van der Waals surface area contributed by atoms with Crippen molar-refractivity contribution in [1.29, 1.82) is 0 Å². The number of likely N-dealkylation sites (N-methyl/N-ethyl adjacent to an activating group) is 1. The summed E-state index contributed by atoms with van der Waals surface area (Å²) >= 11 is 0. The third-order valence-electron chi connectivity index (χ3n) is 6.10. The van der Waals surface area contributed by atoms with Crippen molar-refractivity contribution in [2.24, 2.45) is 23.7 Å². The molecule has 26 heavy (non-hydrogen) atoms. The van der Waals surface area contributed by atoms with E-state index in [0.717, 1.165) is 18.4 Å². The van der Waals surface area contributed by atoms with Gasteiger partial charge in [0.25, 0.3) is 0 Å². The summed E-state index contributed by atoms with van der Waals surface area (Å²) in [7, 11) is 3.34.